The van der Waals surface area contributed by atoms with Crippen molar-refractivity contribution in [3.05, 3.63) is 40.6 Å². The van der Waals surface area contributed by atoms with Crippen molar-refractivity contribution < 1.29 is 18.3 Å². The maximum atomic E-state index is 12.5. The van der Waals surface area contributed by atoms with Crippen molar-refractivity contribution in [3.63, 3.8) is 0 Å². The molecular formula is C19H24N4O4S. The van der Waals surface area contributed by atoms with E-state index in [0.717, 1.165) is 55.3 Å². The van der Waals surface area contributed by atoms with Crippen LogP contribution >= 0.6 is 0 Å². The molecule has 2 aliphatic carbocycles. The first-order valence-corrected chi connectivity index (χ1v) is 11.0. The van der Waals surface area contributed by atoms with Crippen molar-refractivity contribution in [2.75, 3.05) is 5.32 Å². The summed E-state index contributed by atoms with van der Waals surface area (Å²) in [6.07, 6.45) is 6.69. The summed E-state index contributed by atoms with van der Waals surface area (Å²) in [5.74, 6) is 0. The van der Waals surface area contributed by atoms with E-state index in [0.29, 0.717) is 0 Å². The third kappa shape index (κ3) is 3.64. The van der Waals surface area contributed by atoms with Crippen LogP contribution in [-0.2, 0) is 42.3 Å². The predicted octanol–water partition coefficient (Wildman–Crippen LogP) is 1.75. The Labute approximate surface area is 164 Å². The van der Waals surface area contributed by atoms with Gasteiger partial charge in [0.05, 0.1) is 12.6 Å². The maximum Gasteiger partial charge on any atom is 0.333 e. The van der Waals surface area contributed by atoms with Gasteiger partial charge in [0.25, 0.3) is 10.0 Å². The van der Waals surface area contributed by atoms with Gasteiger partial charge in [0, 0.05) is 11.9 Å². The average Bonchev–Trinajstić information content (AvgIpc) is 3.32. The normalized spacial score (nSPS) is 16.5. The molecule has 0 aliphatic heterocycles. The van der Waals surface area contributed by atoms with Gasteiger partial charge in [-0.05, 0) is 73.8 Å². The number of nitrogens with one attached hydrogen (secondary N) is 2. The molecule has 1 heterocycles. The molecule has 0 saturated carbocycles. The van der Waals surface area contributed by atoms with Crippen molar-refractivity contribution in [1.29, 1.82) is 0 Å². The first-order chi connectivity index (χ1) is 13.3. The zero-order valence-corrected chi connectivity index (χ0v) is 16.6. The molecule has 0 fully saturated rings. The minimum atomic E-state index is -4.10. The highest BCUT2D eigenvalue weighted by atomic mass is 32.2. The number of rotatable bonds is 5. The van der Waals surface area contributed by atoms with Crippen LogP contribution in [-0.4, -0.2) is 35.4 Å². The number of sulfonamides is 1. The highest BCUT2D eigenvalue weighted by molar-refractivity contribution is 7.90. The second-order valence-electron chi connectivity index (χ2n) is 7.52. The lowest BCUT2D eigenvalue weighted by molar-refractivity contribution is 0.168. The van der Waals surface area contributed by atoms with E-state index < -0.39 is 22.2 Å². The summed E-state index contributed by atoms with van der Waals surface area (Å²) in [4.78, 5) is 12.5. The Balaban J connectivity index is 1.53. The molecule has 1 unspecified atom stereocenters. The Morgan fingerprint density at radius 1 is 1.21 bits per heavy atom. The van der Waals surface area contributed by atoms with Gasteiger partial charge in [0.15, 0.2) is 5.03 Å². The number of aliphatic hydroxyl groups excluding tert-OH is 1. The van der Waals surface area contributed by atoms with Gasteiger partial charge in [-0.15, -0.1) is 0 Å². The lowest BCUT2D eigenvalue weighted by atomic mass is 9.99. The Morgan fingerprint density at radius 3 is 2.46 bits per heavy atom. The average molecular weight is 404 g/mol. The molecule has 4 rings (SSSR count). The van der Waals surface area contributed by atoms with Crippen LogP contribution in [0.1, 0.15) is 42.0 Å². The van der Waals surface area contributed by atoms with E-state index in [9.17, 15) is 18.3 Å². The molecule has 28 heavy (non-hydrogen) atoms. The number of anilines is 1. The van der Waals surface area contributed by atoms with Crippen LogP contribution in [0.15, 0.2) is 23.4 Å². The number of aromatic nitrogens is 2. The maximum absolute atomic E-state index is 12.5. The lowest BCUT2D eigenvalue weighted by Gasteiger charge is -2.16. The number of fused-ring (bicyclic) bond motifs is 2. The van der Waals surface area contributed by atoms with Crippen LogP contribution < -0.4 is 10.0 Å². The second-order valence-corrected chi connectivity index (χ2v) is 9.15. The second kappa shape index (κ2) is 7.21. The molecule has 0 radical (unpaired) electrons. The quantitative estimate of drug-likeness (QED) is 0.703. The van der Waals surface area contributed by atoms with Gasteiger partial charge in [0.1, 0.15) is 0 Å². The predicted molar refractivity (Wildman–Crippen MR) is 104 cm³/mol. The molecule has 2 aliphatic rings. The van der Waals surface area contributed by atoms with E-state index in [4.69, 9.17) is 0 Å². The Hall–Kier alpha value is -2.39. The third-order valence-corrected chi connectivity index (χ3v) is 6.50. The smallest absolute Gasteiger partial charge is 0.333 e. The van der Waals surface area contributed by atoms with E-state index in [1.54, 1.807) is 6.92 Å². The summed E-state index contributed by atoms with van der Waals surface area (Å²) >= 11 is 0. The third-order valence-electron chi connectivity index (χ3n) is 5.28. The molecule has 0 saturated heterocycles. The standard InChI is InChI=1S/C19H24N4O4S/c1-12(24)11-23-9-8-17(21-23)28(26,27)22-19(25)20-18-15-6-2-4-13(15)10-14-5-3-7-16(14)18/h8-10,12,24H,2-7,11H2,1H3,(H2,20,22,25). The number of hydrogen-bond acceptors (Lipinski definition) is 5. The molecule has 1 atom stereocenters. The van der Waals surface area contributed by atoms with Crippen LogP contribution in [0.3, 0.4) is 0 Å². The summed E-state index contributed by atoms with van der Waals surface area (Å²) in [6.45, 7) is 1.75. The van der Waals surface area contributed by atoms with Gasteiger partial charge in [-0.3, -0.25) is 4.68 Å². The monoisotopic (exact) mass is 404 g/mol. The fourth-order valence-electron chi connectivity index (χ4n) is 4.14. The number of aliphatic hydroxyl groups is 1. The summed E-state index contributed by atoms with van der Waals surface area (Å²) in [5, 5.41) is 15.9. The number of nitrogens with zero attached hydrogens (tertiary/aromatic N) is 2. The van der Waals surface area contributed by atoms with Crippen molar-refractivity contribution in [3.8, 4) is 0 Å². The van der Waals surface area contributed by atoms with E-state index >= 15 is 0 Å². The zero-order valence-electron chi connectivity index (χ0n) is 15.7. The zero-order chi connectivity index (χ0) is 19.9. The van der Waals surface area contributed by atoms with E-state index in [-0.39, 0.29) is 11.6 Å². The van der Waals surface area contributed by atoms with Crippen molar-refractivity contribution in [1.82, 2.24) is 14.5 Å². The van der Waals surface area contributed by atoms with Crippen LogP contribution in [0.5, 0.6) is 0 Å². The molecule has 2 aromatic rings. The minimum Gasteiger partial charge on any atom is -0.391 e. The molecule has 1 aromatic heterocycles. The summed E-state index contributed by atoms with van der Waals surface area (Å²) in [5.41, 5.74) is 5.57. The number of benzene rings is 1. The molecule has 8 nitrogen and oxygen atoms in total. The lowest BCUT2D eigenvalue weighted by Crippen LogP contribution is -2.35. The number of hydrogen-bond donors (Lipinski definition) is 3. The van der Waals surface area contributed by atoms with Gasteiger partial charge in [0.2, 0.25) is 0 Å². The first kappa shape index (κ1) is 18.9. The van der Waals surface area contributed by atoms with E-state index in [2.05, 4.69) is 21.2 Å². The largest absolute Gasteiger partial charge is 0.391 e. The number of carbonyl (C=O) groups is 1. The molecule has 9 heteroatoms. The number of amides is 2. The topological polar surface area (TPSA) is 113 Å². The highest BCUT2D eigenvalue weighted by Gasteiger charge is 2.27. The van der Waals surface area contributed by atoms with Gasteiger partial charge < -0.3 is 10.4 Å². The van der Waals surface area contributed by atoms with E-state index in [1.165, 1.54) is 28.1 Å². The molecule has 2 amide bonds. The van der Waals surface area contributed by atoms with Gasteiger partial charge >= 0.3 is 6.03 Å². The van der Waals surface area contributed by atoms with Crippen LogP contribution in [0.25, 0.3) is 0 Å². The number of urea groups is 1. The highest BCUT2D eigenvalue weighted by Crippen LogP contribution is 2.38. The van der Waals surface area contributed by atoms with Gasteiger partial charge in [-0.25, -0.2) is 9.52 Å². The fourth-order valence-corrected chi connectivity index (χ4v) is 4.99. The van der Waals surface area contributed by atoms with Crippen molar-refractivity contribution in [2.24, 2.45) is 0 Å². The summed E-state index contributed by atoms with van der Waals surface area (Å²) in [6, 6.07) is 2.77. The van der Waals surface area contributed by atoms with Gasteiger partial charge in [-0.1, -0.05) is 6.07 Å². The molecule has 3 N–H and O–H groups in total. The molecule has 1 aromatic carbocycles. The molecule has 150 valence electrons. The van der Waals surface area contributed by atoms with Crippen molar-refractivity contribution >= 4 is 21.7 Å². The number of carbonyl (C=O) groups excluding carboxylic acids is 1. The SMILES string of the molecule is CC(O)Cn1ccc(S(=O)(=O)NC(=O)Nc2c3c(cc4c2CCC4)CCC3)n1. The Kier molecular flexibility index (Phi) is 4.88. The molecule has 0 bridgehead atoms. The molecular weight excluding hydrogens is 380 g/mol. The number of aryl methyl sites for hydroxylation is 2. The summed E-state index contributed by atoms with van der Waals surface area (Å²) in [7, 11) is -4.10. The minimum absolute atomic E-state index is 0.171. The van der Waals surface area contributed by atoms with Crippen molar-refractivity contribution in [2.45, 2.75) is 63.1 Å². The Morgan fingerprint density at radius 2 is 1.86 bits per heavy atom. The van der Waals surface area contributed by atoms with Crippen LogP contribution in [0, 0.1) is 0 Å². The van der Waals surface area contributed by atoms with Crippen LogP contribution in [0.4, 0.5) is 10.5 Å². The Bertz CT molecular complexity index is 995. The van der Waals surface area contributed by atoms with E-state index in [1.807, 2.05) is 0 Å². The first-order valence-electron chi connectivity index (χ1n) is 9.55. The summed E-state index contributed by atoms with van der Waals surface area (Å²) < 4.78 is 28.4. The van der Waals surface area contributed by atoms with Gasteiger partial charge in [-0.2, -0.15) is 13.5 Å². The molecule has 0 spiro atoms. The van der Waals surface area contributed by atoms with Crippen LogP contribution in [0.2, 0.25) is 0 Å². The fraction of sp³-hybridized carbons (Fsp3) is 0.474.